The van der Waals surface area contributed by atoms with Crippen molar-refractivity contribution in [1.82, 2.24) is 14.5 Å². The average Bonchev–Trinajstić information content (AvgIpc) is 3.38. The zero-order valence-corrected chi connectivity index (χ0v) is 18.8. The first-order chi connectivity index (χ1) is 15.7. The van der Waals surface area contributed by atoms with Gasteiger partial charge in [-0.25, -0.2) is 9.37 Å². The summed E-state index contributed by atoms with van der Waals surface area (Å²) in [5.74, 6) is -0.0606. The smallest absolute Gasteiger partial charge is 0.379 e. The highest BCUT2D eigenvalue weighted by Crippen LogP contribution is 2.38. The van der Waals surface area contributed by atoms with E-state index in [0.717, 1.165) is 19.4 Å². The number of piperidine rings is 1. The maximum atomic E-state index is 14.6. The standard InChI is InChI=1S/C23H24F4N4OS/c1-30-8-7-17(15(24)10-30)28-16-3-2-4-19-14(16)9-20(31(19)12-23(25,26)27)22-29-18(11-33-22)21(32)13-5-6-13/h2-4,9,11,13,15,17,28H,5-8,10,12H2,1H3/t15-,17+/m0/s1. The molecule has 5 nitrogen and oxygen atoms in total. The molecule has 2 aliphatic rings. The second-order valence-corrected chi connectivity index (χ2v) is 9.82. The van der Waals surface area contributed by atoms with Gasteiger partial charge in [0.1, 0.15) is 23.4 Å². The summed E-state index contributed by atoms with van der Waals surface area (Å²) in [5.41, 5.74) is 1.60. The monoisotopic (exact) mass is 480 g/mol. The number of halogens is 4. The molecule has 1 saturated carbocycles. The number of anilines is 1. The third-order valence-corrected chi connectivity index (χ3v) is 7.16. The third kappa shape index (κ3) is 4.63. The summed E-state index contributed by atoms with van der Waals surface area (Å²) in [6.07, 6.45) is -3.25. The van der Waals surface area contributed by atoms with E-state index in [9.17, 15) is 22.4 Å². The van der Waals surface area contributed by atoms with Crippen LogP contribution in [-0.4, -0.2) is 58.8 Å². The van der Waals surface area contributed by atoms with Crippen molar-refractivity contribution in [3.63, 3.8) is 0 Å². The number of hydrogen-bond donors (Lipinski definition) is 1. The van der Waals surface area contributed by atoms with Gasteiger partial charge in [-0.1, -0.05) is 6.07 Å². The molecule has 2 aromatic heterocycles. The van der Waals surface area contributed by atoms with Crippen molar-refractivity contribution in [1.29, 1.82) is 0 Å². The van der Waals surface area contributed by atoms with Crippen LogP contribution in [0.5, 0.6) is 0 Å². The van der Waals surface area contributed by atoms with Crippen LogP contribution in [0.25, 0.3) is 21.6 Å². The van der Waals surface area contributed by atoms with Crippen LogP contribution in [0.3, 0.4) is 0 Å². The van der Waals surface area contributed by atoms with Crippen molar-refractivity contribution < 1.29 is 22.4 Å². The minimum Gasteiger partial charge on any atom is -0.379 e. The molecule has 0 amide bonds. The van der Waals surface area contributed by atoms with Gasteiger partial charge in [0.15, 0.2) is 5.78 Å². The molecule has 5 rings (SSSR count). The van der Waals surface area contributed by atoms with E-state index in [1.165, 1.54) is 15.9 Å². The van der Waals surface area contributed by atoms with Gasteiger partial charge in [0.05, 0.1) is 17.3 Å². The molecule has 1 N–H and O–H groups in total. The van der Waals surface area contributed by atoms with Gasteiger partial charge in [-0.15, -0.1) is 11.3 Å². The van der Waals surface area contributed by atoms with Gasteiger partial charge in [0.2, 0.25) is 0 Å². The Morgan fingerprint density at radius 2 is 2.06 bits per heavy atom. The van der Waals surface area contributed by atoms with Crippen molar-refractivity contribution in [2.45, 2.75) is 44.2 Å². The lowest BCUT2D eigenvalue weighted by atomic mass is 10.0. The van der Waals surface area contributed by atoms with Crippen LogP contribution in [0.15, 0.2) is 29.6 Å². The van der Waals surface area contributed by atoms with Crippen molar-refractivity contribution >= 4 is 33.7 Å². The van der Waals surface area contributed by atoms with Crippen molar-refractivity contribution in [2.75, 3.05) is 25.5 Å². The molecule has 0 spiro atoms. The molecule has 1 aliphatic heterocycles. The number of ketones is 1. The first-order valence-corrected chi connectivity index (χ1v) is 11.9. The second kappa shape index (κ2) is 8.39. The first kappa shape index (κ1) is 22.3. The van der Waals surface area contributed by atoms with Gasteiger partial charge in [-0.3, -0.25) is 4.79 Å². The lowest BCUT2D eigenvalue weighted by molar-refractivity contribution is -0.139. The van der Waals surface area contributed by atoms with Crippen LogP contribution < -0.4 is 5.32 Å². The summed E-state index contributed by atoms with van der Waals surface area (Å²) in [6, 6.07) is 6.31. The number of fused-ring (bicyclic) bond motifs is 1. The van der Waals surface area contributed by atoms with E-state index < -0.39 is 24.9 Å². The van der Waals surface area contributed by atoms with Gasteiger partial charge in [0, 0.05) is 35.5 Å². The van der Waals surface area contributed by atoms with Crippen LogP contribution in [0.2, 0.25) is 0 Å². The maximum Gasteiger partial charge on any atom is 0.406 e. The average molecular weight is 481 g/mol. The SMILES string of the molecule is CN1CC[C@@H](Nc2cccc3c2cc(-c2nc(C(=O)C4CC4)cs2)n3CC(F)(F)F)[C@@H](F)C1. The number of aromatic nitrogens is 2. The summed E-state index contributed by atoms with van der Waals surface area (Å²) in [6.45, 7) is -0.128. The maximum absolute atomic E-state index is 14.6. The molecule has 176 valence electrons. The lowest BCUT2D eigenvalue weighted by Gasteiger charge is -2.33. The van der Waals surface area contributed by atoms with Crippen LogP contribution in [-0.2, 0) is 6.54 Å². The van der Waals surface area contributed by atoms with Gasteiger partial charge >= 0.3 is 6.18 Å². The molecule has 1 saturated heterocycles. The number of nitrogens with zero attached hydrogens (tertiary/aromatic N) is 3. The van der Waals surface area contributed by atoms with Crippen molar-refractivity contribution in [2.24, 2.45) is 5.92 Å². The molecule has 0 bridgehead atoms. The minimum absolute atomic E-state index is 0.0139. The Balaban J connectivity index is 1.55. The summed E-state index contributed by atoms with van der Waals surface area (Å²) >= 11 is 1.17. The van der Waals surface area contributed by atoms with Crippen LogP contribution in [0, 0.1) is 5.92 Å². The molecular formula is C23H24F4N4OS. The normalized spacial score (nSPS) is 22.1. The molecule has 1 aromatic carbocycles. The highest BCUT2D eigenvalue weighted by Gasteiger charge is 2.34. The Kier molecular flexibility index (Phi) is 5.68. The van der Waals surface area contributed by atoms with Crippen LogP contribution >= 0.6 is 11.3 Å². The number of hydrogen-bond acceptors (Lipinski definition) is 5. The molecule has 0 radical (unpaired) electrons. The van der Waals surface area contributed by atoms with Gasteiger partial charge in [-0.05, 0) is 44.5 Å². The predicted octanol–water partition coefficient (Wildman–Crippen LogP) is 5.37. The lowest BCUT2D eigenvalue weighted by Crippen LogP contribution is -2.46. The number of likely N-dealkylation sites (tertiary alicyclic amines) is 1. The fraction of sp³-hybridized carbons (Fsp3) is 0.478. The molecular weight excluding hydrogens is 456 g/mol. The van der Waals surface area contributed by atoms with E-state index in [2.05, 4.69) is 10.3 Å². The molecule has 10 heteroatoms. The molecule has 1 aliphatic carbocycles. The van der Waals surface area contributed by atoms with E-state index in [0.29, 0.717) is 46.0 Å². The van der Waals surface area contributed by atoms with E-state index in [4.69, 9.17) is 0 Å². The van der Waals surface area contributed by atoms with Gasteiger partial charge in [-0.2, -0.15) is 13.2 Å². The van der Waals surface area contributed by atoms with E-state index in [1.54, 1.807) is 29.6 Å². The van der Waals surface area contributed by atoms with Crippen LogP contribution in [0.1, 0.15) is 29.8 Å². The number of carbonyl (C=O) groups excluding carboxylic acids is 1. The minimum atomic E-state index is -4.44. The number of carbonyl (C=O) groups is 1. The second-order valence-electron chi connectivity index (χ2n) is 8.96. The Hall–Kier alpha value is -2.46. The summed E-state index contributed by atoms with van der Waals surface area (Å²) in [4.78, 5) is 18.7. The molecule has 3 heterocycles. The fourth-order valence-electron chi connectivity index (χ4n) is 4.42. The number of alkyl halides is 4. The predicted molar refractivity (Wildman–Crippen MR) is 121 cm³/mol. The Bertz CT molecular complexity index is 1180. The highest BCUT2D eigenvalue weighted by atomic mass is 32.1. The number of rotatable bonds is 6. The first-order valence-electron chi connectivity index (χ1n) is 11.0. The van der Waals surface area contributed by atoms with Gasteiger partial charge < -0.3 is 14.8 Å². The number of nitrogens with one attached hydrogen (secondary N) is 1. The molecule has 0 unspecified atom stereocenters. The zero-order valence-electron chi connectivity index (χ0n) is 18.0. The number of Topliss-reactive ketones (excluding diaryl/α,β-unsaturated/α-hetero) is 1. The van der Waals surface area contributed by atoms with Gasteiger partial charge in [0.25, 0.3) is 0 Å². The molecule has 2 fully saturated rings. The zero-order chi connectivity index (χ0) is 23.3. The van der Waals surface area contributed by atoms with Crippen molar-refractivity contribution in [3.05, 3.63) is 35.3 Å². The summed E-state index contributed by atoms with van der Waals surface area (Å²) < 4.78 is 56.3. The number of thiazole rings is 1. The van der Waals surface area contributed by atoms with Crippen molar-refractivity contribution in [3.8, 4) is 10.7 Å². The largest absolute Gasteiger partial charge is 0.406 e. The van der Waals surface area contributed by atoms with E-state index in [1.807, 2.05) is 11.9 Å². The van der Waals surface area contributed by atoms with E-state index >= 15 is 0 Å². The number of benzene rings is 1. The Morgan fingerprint density at radius 3 is 2.76 bits per heavy atom. The summed E-state index contributed by atoms with van der Waals surface area (Å²) in [5, 5.41) is 5.80. The fourth-order valence-corrected chi connectivity index (χ4v) is 5.25. The van der Waals surface area contributed by atoms with E-state index in [-0.39, 0.29) is 11.7 Å². The van der Waals surface area contributed by atoms with Crippen LogP contribution in [0.4, 0.5) is 23.2 Å². The topological polar surface area (TPSA) is 50.2 Å². The Labute approximate surface area is 192 Å². The summed E-state index contributed by atoms with van der Waals surface area (Å²) in [7, 11) is 1.86. The molecule has 3 aromatic rings. The highest BCUT2D eigenvalue weighted by molar-refractivity contribution is 7.13. The molecule has 33 heavy (non-hydrogen) atoms. The third-order valence-electron chi connectivity index (χ3n) is 6.29. The molecule has 2 atom stereocenters. The quantitative estimate of drug-likeness (QED) is 0.381. The Morgan fingerprint density at radius 1 is 1.27 bits per heavy atom.